The van der Waals surface area contributed by atoms with Gasteiger partial charge in [0.25, 0.3) is 5.79 Å². The van der Waals surface area contributed by atoms with Gasteiger partial charge in [0.2, 0.25) is 5.91 Å². The van der Waals surface area contributed by atoms with E-state index in [4.69, 9.17) is 15.6 Å². The second kappa shape index (κ2) is 11.3. The quantitative estimate of drug-likeness (QED) is 0.155. The molecule has 0 spiro atoms. The normalized spacial score (nSPS) is 32.5. The summed E-state index contributed by atoms with van der Waals surface area (Å²) in [6.07, 6.45) is -6.39. The van der Waals surface area contributed by atoms with Crippen LogP contribution >= 0.6 is 11.8 Å². The predicted octanol–water partition coefficient (Wildman–Crippen LogP) is -3.17. The number of ether oxygens (including phenoxy) is 1. The molecule has 0 aromatic carbocycles. The molecule has 11 nitrogen and oxygen atoms in total. The molecule has 2 unspecified atom stereocenters. The van der Waals surface area contributed by atoms with Crippen LogP contribution in [0.2, 0.25) is 0 Å². The standard InChI is InChI=1S/C16H30N2O9S/c1-8(20)18-11-12(22)9(3-2-5-28-6-4-17)16(26,15(24)25)27-14(11)13(23)10(21)7-19/h9-14,19,21-23,26H,2-7,17H2,1H3,(H,18,20)(H,24,25)/t9?,10-,11-,12+,13-,14-,16?/m1/s1. The van der Waals surface area contributed by atoms with Crippen LogP contribution in [-0.2, 0) is 14.3 Å². The van der Waals surface area contributed by atoms with E-state index < -0.39 is 60.6 Å². The van der Waals surface area contributed by atoms with Gasteiger partial charge in [-0.25, -0.2) is 4.79 Å². The fourth-order valence-electron chi connectivity index (χ4n) is 3.22. The molecule has 1 amide bonds. The number of thioether (sulfide) groups is 1. The highest BCUT2D eigenvalue weighted by Gasteiger charge is 2.59. The Morgan fingerprint density at radius 1 is 1.32 bits per heavy atom. The van der Waals surface area contributed by atoms with Crippen LogP contribution in [-0.4, -0.2) is 103 Å². The van der Waals surface area contributed by atoms with Gasteiger partial charge in [0.1, 0.15) is 18.3 Å². The third-order valence-electron chi connectivity index (χ3n) is 4.61. The topological polar surface area (TPSA) is 203 Å². The van der Waals surface area contributed by atoms with Crippen molar-refractivity contribution < 1.29 is 45.0 Å². The highest BCUT2D eigenvalue weighted by molar-refractivity contribution is 7.99. The Labute approximate surface area is 166 Å². The van der Waals surface area contributed by atoms with Crippen molar-refractivity contribution >= 4 is 23.6 Å². The maximum atomic E-state index is 11.7. The van der Waals surface area contributed by atoms with Crippen molar-refractivity contribution in [1.82, 2.24) is 5.32 Å². The number of carboxylic acids is 1. The number of carbonyl (C=O) groups excluding carboxylic acids is 1. The van der Waals surface area contributed by atoms with Crippen molar-refractivity contribution in [3.8, 4) is 0 Å². The molecule has 0 bridgehead atoms. The van der Waals surface area contributed by atoms with Crippen molar-refractivity contribution in [2.45, 2.75) is 56.0 Å². The lowest BCUT2D eigenvalue weighted by atomic mass is 9.78. The molecule has 28 heavy (non-hydrogen) atoms. The van der Waals surface area contributed by atoms with Gasteiger partial charge in [-0.2, -0.15) is 11.8 Å². The summed E-state index contributed by atoms with van der Waals surface area (Å²) < 4.78 is 5.23. The summed E-state index contributed by atoms with van der Waals surface area (Å²) in [5.41, 5.74) is 5.40. The lowest BCUT2D eigenvalue weighted by molar-refractivity contribution is -0.321. The molecule has 0 aromatic rings. The maximum Gasteiger partial charge on any atom is 0.364 e. The van der Waals surface area contributed by atoms with Gasteiger partial charge in [0.15, 0.2) is 0 Å². The molecule has 0 radical (unpaired) electrons. The fraction of sp³-hybridized carbons (Fsp3) is 0.875. The van der Waals surface area contributed by atoms with Gasteiger partial charge in [0, 0.05) is 19.2 Å². The van der Waals surface area contributed by atoms with E-state index in [1.165, 1.54) is 11.8 Å². The zero-order valence-electron chi connectivity index (χ0n) is 15.6. The van der Waals surface area contributed by atoms with Gasteiger partial charge >= 0.3 is 5.97 Å². The number of aliphatic hydroxyl groups excluding tert-OH is 4. The molecule has 164 valence electrons. The van der Waals surface area contributed by atoms with Crippen molar-refractivity contribution in [3.63, 3.8) is 0 Å². The first-order chi connectivity index (χ1) is 13.1. The van der Waals surface area contributed by atoms with Crippen LogP contribution in [0, 0.1) is 5.92 Å². The Hall–Kier alpha value is -0.990. The van der Waals surface area contributed by atoms with Crippen LogP contribution < -0.4 is 11.1 Å². The summed E-state index contributed by atoms with van der Waals surface area (Å²) in [5, 5.41) is 62.2. The number of aliphatic hydroxyl groups is 5. The third-order valence-corrected chi connectivity index (χ3v) is 5.71. The van der Waals surface area contributed by atoms with E-state index in [0.29, 0.717) is 24.5 Å². The monoisotopic (exact) mass is 426 g/mol. The van der Waals surface area contributed by atoms with E-state index in [1.54, 1.807) is 0 Å². The summed E-state index contributed by atoms with van der Waals surface area (Å²) >= 11 is 1.53. The number of nitrogens with one attached hydrogen (secondary N) is 1. The van der Waals surface area contributed by atoms with E-state index in [9.17, 15) is 35.1 Å². The lowest BCUT2D eigenvalue weighted by Gasteiger charge is -2.49. The number of carbonyl (C=O) groups is 2. The molecule has 1 heterocycles. The number of amides is 1. The minimum absolute atomic E-state index is 0.0585. The predicted molar refractivity (Wildman–Crippen MR) is 99.3 cm³/mol. The number of hydrogen-bond acceptors (Lipinski definition) is 10. The molecule has 1 rings (SSSR count). The van der Waals surface area contributed by atoms with Crippen LogP contribution in [0.4, 0.5) is 0 Å². The van der Waals surface area contributed by atoms with E-state index in [2.05, 4.69) is 5.32 Å². The van der Waals surface area contributed by atoms with Gasteiger partial charge < -0.3 is 46.4 Å². The Bertz CT molecular complexity index is 526. The first-order valence-corrected chi connectivity index (χ1v) is 10.1. The molecule has 7 atom stereocenters. The number of rotatable bonds is 11. The Balaban J connectivity index is 3.12. The highest BCUT2D eigenvalue weighted by atomic mass is 32.2. The molecular weight excluding hydrogens is 396 g/mol. The van der Waals surface area contributed by atoms with E-state index in [0.717, 1.165) is 6.92 Å². The number of hydrogen-bond donors (Lipinski definition) is 8. The van der Waals surface area contributed by atoms with Crippen LogP contribution in [0.15, 0.2) is 0 Å². The second-order valence-corrected chi connectivity index (χ2v) is 7.92. The average Bonchev–Trinajstić information content (AvgIpc) is 2.64. The summed E-state index contributed by atoms with van der Waals surface area (Å²) in [7, 11) is 0. The summed E-state index contributed by atoms with van der Waals surface area (Å²) in [6.45, 7) is 0.753. The van der Waals surface area contributed by atoms with Crippen molar-refractivity contribution in [1.29, 1.82) is 0 Å². The first-order valence-electron chi connectivity index (χ1n) is 8.93. The summed E-state index contributed by atoms with van der Waals surface area (Å²) in [5.74, 6) is -5.22. The first kappa shape index (κ1) is 25.0. The molecule has 12 heteroatoms. The van der Waals surface area contributed by atoms with Gasteiger partial charge in [-0.3, -0.25) is 4.79 Å². The van der Waals surface area contributed by atoms with Crippen molar-refractivity contribution in [3.05, 3.63) is 0 Å². The molecule has 1 saturated heterocycles. The van der Waals surface area contributed by atoms with E-state index in [-0.39, 0.29) is 6.42 Å². The highest BCUT2D eigenvalue weighted by Crippen LogP contribution is 2.38. The van der Waals surface area contributed by atoms with Crippen molar-refractivity contribution in [2.24, 2.45) is 11.7 Å². The number of aliphatic carboxylic acids is 1. The molecule has 1 aliphatic heterocycles. The second-order valence-electron chi connectivity index (χ2n) is 6.69. The van der Waals surface area contributed by atoms with E-state index >= 15 is 0 Å². The fourth-order valence-corrected chi connectivity index (χ4v) is 3.96. The Morgan fingerprint density at radius 2 is 1.96 bits per heavy atom. The molecule has 0 saturated carbocycles. The van der Waals surface area contributed by atoms with Gasteiger partial charge in [-0.1, -0.05) is 0 Å². The van der Waals surface area contributed by atoms with E-state index in [1.807, 2.05) is 0 Å². The molecule has 0 aliphatic carbocycles. The molecule has 0 aromatic heterocycles. The summed E-state index contributed by atoms with van der Waals surface area (Å²) in [4.78, 5) is 23.2. The average molecular weight is 426 g/mol. The minimum atomic E-state index is -2.85. The van der Waals surface area contributed by atoms with Crippen LogP contribution in [0.3, 0.4) is 0 Å². The molecular formula is C16H30N2O9S. The van der Waals surface area contributed by atoms with Gasteiger partial charge in [-0.05, 0) is 18.6 Å². The molecule has 1 fully saturated rings. The third kappa shape index (κ3) is 6.00. The van der Waals surface area contributed by atoms with Gasteiger partial charge in [-0.15, -0.1) is 0 Å². The molecule has 9 N–H and O–H groups in total. The molecule has 1 aliphatic rings. The summed E-state index contributed by atoms with van der Waals surface area (Å²) in [6, 6.07) is -1.31. The van der Waals surface area contributed by atoms with Crippen LogP contribution in [0.1, 0.15) is 19.8 Å². The lowest BCUT2D eigenvalue weighted by Crippen LogP contribution is -2.71. The number of nitrogens with two attached hydrogens (primary N) is 1. The van der Waals surface area contributed by atoms with Crippen molar-refractivity contribution in [2.75, 3.05) is 24.7 Å². The van der Waals surface area contributed by atoms with Gasteiger partial charge in [0.05, 0.1) is 24.7 Å². The largest absolute Gasteiger partial charge is 0.477 e. The zero-order valence-corrected chi connectivity index (χ0v) is 16.4. The SMILES string of the molecule is CC(=O)N[C@H]1[C@H]([C@H](O)[C@H](O)CO)OC(O)(C(=O)O)C(CCCSCCN)[C@@H]1O. The Kier molecular flexibility index (Phi) is 10.1. The van der Waals surface area contributed by atoms with Crippen LogP contribution in [0.25, 0.3) is 0 Å². The number of carboxylic acid groups (broad SMARTS) is 1. The zero-order chi connectivity index (χ0) is 21.5. The maximum absolute atomic E-state index is 11.7. The minimum Gasteiger partial charge on any atom is -0.477 e. The smallest absolute Gasteiger partial charge is 0.364 e. The Morgan fingerprint density at radius 3 is 2.46 bits per heavy atom. The van der Waals surface area contributed by atoms with Crippen LogP contribution in [0.5, 0.6) is 0 Å².